The number of nitrogens with one attached hydrogen (secondary N) is 1. The molecule has 0 unspecified atom stereocenters. The highest BCUT2D eigenvalue weighted by Gasteiger charge is 2.14. The predicted molar refractivity (Wildman–Crippen MR) is 102 cm³/mol. The number of thiazole rings is 1. The van der Waals surface area contributed by atoms with Crippen LogP contribution in [0.4, 0.5) is 0 Å². The van der Waals surface area contributed by atoms with E-state index in [0.29, 0.717) is 18.8 Å². The van der Waals surface area contributed by atoms with E-state index in [1.165, 1.54) is 23.5 Å². The Morgan fingerprint density at radius 3 is 2.54 bits per heavy atom. The Balaban J connectivity index is 1.58. The fraction of sp³-hybridized carbons (Fsp3) is 0.222. The molecule has 0 aliphatic rings. The largest absolute Gasteiger partial charge is 0.494 e. The van der Waals surface area contributed by atoms with Gasteiger partial charge in [0.1, 0.15) is 10.8 Å². The van der Waals surface area contributed by atoms with E-state index in [2.05, 4.69) is 14.7 Å². The van der Waals surface area contributed by atoms with Crippen molar-refractivity contribution in [2.75, 3.05) is 13.2 Å². The summed E-state index contributed by atoms with van der Waals surface area (Å²) in [6.45, 7) is 2.71. The first-order valence-electron chi connectivity index (χ1n) is 8.16. The van der Waals surface area contributed by atoms with Crippen LogP contribution in [0.25, 0.3) is 10.6 Å². The molecule has 26 heavy (non-hydrogen) atoms. The molecule has 3 aromatic rings. The quantitative estimate of drug-likeness (QED) is 0.640. The zero-order chi connectivity index (χ0) is 18.4. The lowest BCUT2D eigenvalue weighted by atomic mass is 10.3. The van der Waals surface area contributed by atoms with Crippen LogP contribution in [0.1, 0.15) is 12.6 Å². The van der Waals surface area contributed by atoms with Crippen molar-refractivity contribution in [1.82, 2.24) is 14.7 Å². The van der Waals surface area contributed by atoms with Crippen LogP contribution in [-0.2, 0) is 16.4 Å². The Labute approximate surface area is 157 Å². The van der Waals surface area contributed by atoms with Crippen molar-refractivity contribution in [3.05, 3.63) is 59.9 Å². The Bertz CT molecular complexity index is 939. The second kappa shape index (κ2) is 8.39. The molecular formula is C18H19N3O3S2. The van der Waals surface area contributed by atoms with Gasteiger partial charge in [-0.3, -0.25) is 4.98 Å². The van der Waals surface area contributed by atoms with Crippen molar-refractivity contribution in [3.8, 4) is 16.3 Å². The van der Waals surface area contributed by atoms with Crippen LogP contribution in [0, 0.1) is 0 Å². The SMILES string of the molecule is CCOc1ccc(S(=O)(=O)NCCc2csc(-c3ccncc3)n2)cc1. The molecule has 0 saturated heterocycles. The zero-order valence-electron chi connectivity index (χ0n) is 14.3. The van der Waals surface area contributed by atoms with Crippen LogP contribution in [-0.4, -0.2) is 31.5 Å². The summed E-state index contributed by atoms with van der Waals surface area (Å²) in [6, 6.07) is 10.2. The van der Waals surface area contributed by atoms with E-state index in [4.69, 9.17) is 4.74 Å². The summed E-state index contributed by atoms with van der Waals surface area (Å²) in [4.78, 5) is 8.75. The molecule has 0 aliphatic heterocycles. The van der Waals surface area contributed by atoms with E-state index >= 15 is 0 Å². The summed E-state index contributed by atoms with van der Waals surface area (Å²) < 4.78 is 32.6. The molecule has 1 N–H and O–H groups in total. The van der Waals surface area contributed by atoms with Crippen LogP contribution < -0.4 is 9.46 Å². The zero-order valence-corrected chi connectivity index (χ0v) is 15.9. The third-order valence-corrected chi connectivity index (χ3v) is 6.01. The lowest BCUT2D eigenvalue weighted by Crippen LogP contribution is -2.26. The van der Waals surface area contributed by atoms with E-state index in [-0.39, 0.29) is 11.4 Å². The predicted octanol–water partition coefficient (Wildman–Crippen LogP) is 3.12. The van der Waals surface area contributed by atoms with E-state index in [0.717, 1.165) is 16.3 Å². The van der Waals surface area contributed by atoms with E-state index in [1.54, 1.807) is 24.5 Å². The summed E-state index contributed by atoms with van der Waals surface area (Å²) in [5.74, 6) is 0.651. The number of hydrogen-bond donors (Lipinski definition) is 1. The average Bonchev–Trinajstić information content (AvgIpc) is 3.12. The molecule has 6 nitrogen and oxygen atoms in total. The topological polar surface area (TPSA) is 81.2 Å². The number of rotatable bonds is 8. The molecule has 0 radical (unpaired) electrons. The highest BCUT2D eigenvalue weighted by Crippen LogP contribution is 2.23. The van der Waals surface area contributed by atoms with Gasteiger partial charge in [0.25, 0.3) is 0 Å². The fourth-order valence-corrected chi connectivity index (χ4v) is 4.22. The van der Waals surface area contributed by atoms with Gasteiger partial charge in [0.2, 0.25) is 10.0 Å². The smallest absolute Gasteiger partial charge is 0.240 e. The van der Waals surface area contributed by atoms with Crippen molar-refractivity contribution in [2.24, 2.45) is 0 Å². The molecule has 0 amide bonds. The van der Waals surface area contributed by atoms with Crippen molar-refractivity contribution in [2.45, 2.75) is 18.2 Å². The molecule has 0 bridgehead atoms. The van der Waals surface area contributed by atoms with Gasteiger partial charge >= 0.3 is 0 Å². The number of hydrogen-bond acceptors (Lipinski definition) is 6. The van der Waals surface area contributed by atoms with Gasteiger partial charge in [0.05, 0.1) is 17.2 Å². The van der Waals surface area contributed by atoms with Gasteiger partial charge in [0, 0.05) is 36.3 Å². The van der Waals surface area contributed by atoms with Crippen LogP contribution in [0.2, 0.25) is 0 Å². The summed E-state index contributed by atoms with van der Waals surface area (Å²) in [7, 11) is -3.55. The Kier molecular flexibility index (Phi) is 5.97. The van der Waals surface area contributed by atoms with Gasteiger partial charge in [-0.05, 0) is 43.3 Å². The molecule has 2 heterocycles. The maximum absolute atomic E-state index is 12.3. The third kappa shape index (κ3) is 4.66. The van der Waals surface area contributed by atoms with Crippen LogP contribution in [0.3, 0.4) is 0 Å². The Morgan fingerprint density at radius 2 is 1.85 bits per heavy atom. The second-order valence-electron chi connectivity index (χ2n) is 5.43. The normalized spacial score (nSPS) is 11.4. The number of ether oxygens (including phenoxy) is 1. The molecule has 0 fully saturated rings. The average molecular weight is 390 g/mol. The molecule has 0 spiro atoms. The van der Waals surface area contributed by atoms with E-state index < -0.39 is 10.0 Å². The molecule has 1 aromatic carbocycles. The summed E-state index contributed by atoms with van der Waals surface area (Å²) >= 11 is 1.53. The highest BCUT2D eigenvalue weighted by atomic mass is 32.2. The standard InChI is InChI=1S/C18H19N3O3S2/c1-2-24-16-3-5-17(6-4-16)26(22,23)20-12-9-15-13-25-18(21-15)14-7-10-19-11-8-14/h3-8,10-11,13,20H,2,9,12H2,1H3. The minimum atomic E-state index is -3.55. The Morgan fingerprint density at radius 1 is 1.12 bits per heavy atom. The molecular weight excluding hydrogens is 370 g/mol. The van der Waals surface area contributed by atoms with Crippen LogP contribution in [0.5, 0.6) is 5.75 Å². The summed E-state index contributed by atoms with van der Waals surface area (Å²) in [5.41, 5.74) is 1.86. The van der Waals surface area contributed by atoms with Gasteiger partial charge in [-0.1, -0.05) is 0 Å². The van der Waals surface area contributed by atoms with Crippen molar-refractivity contribution >= 4 is 21.4 Å². The first-order chi connectivity index (χ1) is 12.6. The number of nitrogens with zero attached hydrogens (tertiary/aromatic N) is 2. The van der Waals surface area contributed by atoms with E-state index in [1.807, 2.05) is 24.4 Å². The van der Waals surface area contributed by atoms with Crippen molar-refractivity contribution in [3.63, 3.8) is 0 Å². The minimum absolute atomic E-state index is 0.219. The highest BCUT2D eigenvalue weighted by molar-refractivity contribution is 7.89. The molecule has 0 atom stereocenters. The number of pyridine rings is 1. The molecule has 0 aliphatic carbocycles. The van der Waals surface area contributed by atoms with Gasteiger partial charge < -0.3 is 4.74 Å². The van der Waals surface area contributed by atoms with Gasteiger partial charge in [0.15, 0.2) is 0 Å². The molecule has 136 valence electrons. The molecule has 3 rings (SSSR count). The maximum atomic E-state index is 12.3. The lowest BCUT2D eigenvalue weighted by molar-refractivity contribution is 0.340. The van der Waals surface area contributed by atoms with Crippen molar-refractivity contribution in [1.29, 1.82) is 0 Å². The van der Waals surface area contributed by atoms with Crippen LogP contribution >= 0.6 is 11.3 Å². The Hall–Kier alpha value is -2.29. The lowest BCUT2D eigenvalue weighted by Gasteiger charge is -2.07. The third-order valence-electron chi connectivity index (χ3n) is 3.60. The number of aromatic nitrogens is 2. The first-order valence-corrected chi connectivity index (χ1v) is 10.5. The van der Waals surface area contributed by atoms with Gasteiger partial charge in [-0.15, -0.1) is 11.3 Å². The molecule has 8 heteroatoms. The van der Waals surface area contributed by atoms with Crippen molar-refractivity contribution < 1.29 is 13.2 Å². The fourth-order valence-electron chi connectivity index (χ4n) is 2.33. The summed E-state index contributed by atoms with van der Waals surface area (Å²) in [5, 5.41) is 2.85. The minimum Gasteiger partial charge on any atom is -0.494 e. The van der Waals surface area contributed by atoms with Gasteiger partial charge in [-0.2, -0.15) is 0 Å². The maximum Gasteiger partial charge on any atom is 0.240 e. The molecule has 0 saturated carbocycles. The number of benzene rings is 1. The first kappa shape index (κ1) is 18.5. The van der Waals surface area contributed by atoms with Gasteiger partial charge in [-0.25, -0.2) is 18.1 Å². The molecule has 2 aromatic heterocycles. The van der Waals surface area contributed by atoms with E-state index in [9.17, 15) is 8.42 Å². The van der Waals surface area contributed by atoms with Crippen LogP contribution in [0.15, 0.2) is 59.1 Å². The second-order valence-corrected chi connectivity index (χ2v) is 8.06. The summed E-state index contributed by atoms with van der Waals surface area (Å²) in [6.07, 6.45) is 3.97. The monoisotopic (exact) mass is 389 g/mol. The number of sulfonamides is 1.